The molecule has 0 aliphatic heterocycles. The van der Waals surface area contributed by atoms with Crippen molar-refractivity contribution in [3.8, 4) is 5.75 Å². The second-order valence-electron chi connectivity index (χ2n) is 6.24. The summed E-state index contributed by atoms with van der Waals surface area (Å²) >= 11 is 0. The lowest BCUT2D eigenvalue weighted by atomic mass is 10.0. The van der Waals surface area contributed by atoms with E-state index in [0.717, 1.165) is 44.4 Å². The maximum Gasteiger partial charge on any atom is 0.135 e. The third-order valence-corrected chi connectivity index (χ3v) is 4.48. The molecule has 0 amide bonds. The van der Waals surface area contributed by atoms with Gasteiger partial charge < -0.3 is 13.9 Å². The number of rotatable bonds is 5. The molecule has 0 unspecified atom stereocenters. The summed E-state index contributed by atoms with van der Waals surface area (Å²) in [7, 11) is 1.66. The molecule has 0 aliphatic rings. The predicted octanol–water partition coefficient (Wildman–Crippen LogP) is 6.17. The quantitative estimate of drug-likeness (QED) is 0.406. The lowest BCUT2D eigenvalue weighted by Gasteiger charge is -2.11. The molecular weight excluding hydrogens is 324 g/mol. The first-order valence-electron chi connectivity index (χ1n) is 8.58. The van der Waals surface area contributed by atoms with E-state index in [9.17, 15) is 0 Å². The molecule has 4 aromatic rings. The molecule has 0 spiro atoms. The van der Waals surface area contributed by atoms with Gasteiger partial charge in [0.25, 0.3) is 0 Å². The van der Waals surface area contributed by atoms with Gasteiger partial charge in [0.15, 0.2) is 0 Å². The first-order valence-corrected chi connectivity index (χ1v) is 8.58. The summed E-state index contributed by atoms with van der Waals surface area (Å²) in [6.45, 7) is 2.53. The normalized spacial score (nSPS) is 11.8. The zero-order valence-corrected chi connectivity index (χ0v) is 14.9. The number of fused-ring (bicyclic) bond motifs is 3. The molecule has 0 bridgehead atoms. The molecule has 3 heteroatoms. The van der Waals surface area contributed by atoms with Gasteiger partial charge in [0, 0.05) is 10.8 Å². The van der Waals surface area contributed by atoms with Crippen LogP contribution in [0.25, 0.3) is 27.5 Å². The molecule has 3 aromatic carbocycles. The molecule has 0 N–H and O–H groups in total. The van der Waals surface area contributed by atoms with Gasteiger partial charge in [0.1, 0.15) is 23.5 Å². The average Bonchev–Trinajstić information content (AvgIpc) is 3.05. The van der Waals surface area contributed by atoms with Crippen molar-refractivity contribution in [1.82, 2.24) is 0 Å². The smallest absolute Gasteiger partial charge is 0.135 e. The van der Waals surface area contributed by atoms with Gasteiger partial charge in [-0.25, -0.2) is 0 Å². The average molecular weight is 344 g/mol. The number of benzene rings is 3. The Bertz CT molecular complexity index is 1090. The van der Waals surface area contributed by atoms with Crippen molar-refractivity contribution < 1.29 is 13.9 Å². The van der Waals surface area contributed by atoms with E-state index in [2.05, 4.69) is 18.2 Å². The Labute approximate surface area is 152 Å². The van der Waals surface area contributed by atoms with E-state index >= 15 is 0 Å². The molecule has 1 heterocycles. The van der Waals surface area contributed by atoms with Gasteiger partial charge in [0.05, 0.1) is 13.4 Å². The summed E-state index contributed by atoms with van der Waals surface area (Å²) in [5.74, 6) is 0.826. The van der Waals surface area contributed by atoms with Crippen molar-refractivity contribution >= 4 is 27.5 Å². The summed E-state index contributed by atoms with van der Waals surface area (Å²) in [5.41, 5.74) is 5.09. The van der Waals surface area contributed by atoms with Crippen molar-refractivity contribution in [3.05, 3.63) is 84.1 Å². The largest absolute Gasteiger partial charge is 0.504 e. The van der Waals surface area contributed by atoms with Crippen molar-refractivity contribution in [2.45, 2.75) is 13.5 Å². The Hall–Kier alpha value is -3.20. The van der Waals surface area contributed by atoms with Crippen LogP contribution in [0, 0.1) is 0 Å². The molecule has 130 valence electrons. The second kappa shape index (κ2) is 6.96. The van der Waals surface area contributed by atoms with Gasteiger partial charge in [-0.1, -0.05) is 42.5 Å². The van der Waals surface area contributed by atoms with E-state index < -0.39 is 0 Å². The second-order valence-corrected chi connectivity index (χ2v) is 6.24. The number of ether oxygens (including phenoxy) is 2. The van der Waals surface area contributed by atoms with E-state index in [1.807, 2.05) is 55.5 Å². The predicted molar refractivity (Wildman–Crippen MR) is 105 cm³/mol. The first kappa shape index (κ1) is 16.3. The first-order chi connectivity index (χ1) is 12.8. The summed E-state index contributed by atoms with van der Waals surface area (Å²) in [6, 6.07) is 22.2. The summed E-state index contributed by atoms with van der Waals surface area (Å²) in [5, 5.41) is 2.18. The Morgan fingerprint density at radius 2 is 1.69 bits per heavy atom. The van der Waals surface area contributed by atoms with Crippen LogP contribution in [0.3, 0.4) is 0 Å². The van der Waals surface area contributed by atoms with Crippen LogP contribution in [0.5, 0.6) is 5.75 Å². The Morgan fingerprint density at radius 3 is 2.58 bits per heavy atom. The number of hydrogen-bond donors (Lipinski definition) is 0. The standard InChI is InChI=1S/C23H20O3/c1-16(14-24-2)19-8-4-3-7-17(19)15-25-18-11-12-23-21(13-18)20-9-5-6-10-22(20)26-23/h3-14H,15H2,1-2H3/b16-14-. The van der Waals surface area contributed by atoms with Crippen LogP contribution in [0.4, 0.5) is 0 Å². The van der Waals surface area contributed by atoms with Crippen LogP contribution >= 0.6 is 0 Å². The number of para-hydroxylation sites is 1. The molecule has 0 fully saturated rings. The molecule has 1 aromatic heterocycles. The molecule has 0 radical (unpaired) electrons. The molecule has 4 rings (SSSR count). The van der Waals surface area contributed by atoms with Gasteiger partial charge >= 0.3 is 0 Å². The fourth-order valence-corrected chi connectivity index (χ4v) is 3.23. The van der Waals surface area contributed by atoms with E-state index in [1.54, 1.807) is 13.4 Å². The Morgan fingerprint density at radius 1 is 0.923 bits per heavy atom. The van der Waals surface area contributed by atoms with E-state index in [-0.39, 0.29) is 0 Å². The van der Waals surface area contributed by atoms with Crippen LogP contribution in [0.1, 0.15) is 18.1 Å². The van der Waals surface area contributed by atoms with Crippen LogP contribution in [-0.2, 0) is 11.3 Å². The van der Waals surface area contributed by atoms with Gasteiger partial charge in [-0.2, -0.15) is 0 Å². The van der Waals surface area contributed by atoms with Gasteiger partial charge in [-0.15, -0.1) is 0 Å². The summed E-state index contributed by atoms with van der Waals surface area (Å²) in [4.78, 5) is 0. The third kappa shape index (κ3) is 3.04. The van der Waals surface area contributed by atoms with Crippen molar-refractivity contribution in [2.75, 3.05) is 7.11 Å². The molecule has 0 saturated carbocycles. The maximum atomic E-state index is 6.08. The SMILES string of the molecule is CO/C=C(/C)c1ccccc1COc1ccc2oc3ccccc3c2c1. The highest BCUT2D eigenvalue weighted by Crippen LogP contribution is 2.31. The fraction of sp³-hybridized carbons (Fsp3) is 0.130. The molecule has 0 aliphatic carbocycles. The van der Waals surface area contributed by atoms with Crippen molar-refractivity contribution in [1.29, 1.82) is 0 Å². The Balaban J connectivity index is 1.63. The van der Waals surface area contributed by atoms with Crippen LogP contribution in [-0.4, -0.2) is 7.11 Å². The topological polar surface area (TPSA) is 31.6 Å². The molecule has 26 heavy (non-hydrogen) atoms. The highest BCUT2D eigenvalue weighted by Gasteiger charge is 2.09. The fourth-order valence-electron chi connectivity index (χ4n) is 3.23. The number of allylic oxidation sites excluding steroid dienone is 1. The summed E-state index contributed by atoms with van der Waals surface area (Å²) < 4.78 is 17.1. The highest BCUT2D eigenvalue weighted by molar-refractivity contribution is 6.05. The van der Waals surface area contributed by atoms with Gasteiger partial charge in [-0.3, -0.25) is 0 Å². The minimum atomic E-state index is 0.492. The Kier molecular flexibility index (Phi) is 4.36. The highest BCUT2D eigenvalue weighted by atomic mass is 16.5. The van der Waals surface area contributed by atoms with Gasteiger partial charge in [0.2, 0.25) is 0 Å². The van der Waals surface area contributed by atoms with E-state index in [4.69, 9.17) is 13.9 Å². The number of hydrogen-bond acceptors (Lipinski definition) is 3. The van der Waals surface area contributed by atoms with Crippen molar-refractivity contribution in [3.63, 3.8) is 0 Å². The van der Waals surface area contributed by atoms with Crippen molar-refractivity contribution in [2.24, 2.45) is 0 Å². The zero-order valence-electron chi connectivity index (χ0n) is 14.9. The van der Waals surface area contributed by atoms with E-state index in [0.29, 0.717) is 6.61 Å². The lowest BCUT2D eigenvalue weighted by molar-refractivity contribution is 0.306. The molecule has 0 atom stereocenters. The molecular formula is C23H20O3. The van der Waals surface area contributed by atoms with Crippen LogP contribution in [0.15, 0.2) is 77.4 Å². The number of methoxy groups -OCH3 is 1. The maximum absolute atomic E-state index is 6.08. The van der Waals surface area contributed by atoms with E-state index in [1.165, 1.54) is 0 Å². The van der Waals surface area contributed by atoms with Crippen LogP contribution < -0.4 is 4.74 Å². The third-order valence-electron chi connectivity index (χ3n) is 4.48. The zero-order chi connectivity index (χ0) is 17.9. The monoisotopic (exact) mass is 344 g/mol. The minimum Gasteiger partial charge on any atom is -0.504 e. The summed E-state index contributed by atoms with van der Waals surface area (Å²) in [6.07, 6.45) is 1.75. The van der Waals surface area contributed by atoms with Crippen LogP contribution in [0.2, 0.25) is 0 Å². The van der Waals surface area contributed by atoms with Gasteiger partial charge in [-0.05, 0) is 47.9 Å². The lowest BCUT2D eigenvalue weighted by Crippen LogP contribution is -1.99. The molecule has 0 saturated heterocycles. The minimum absolute atomic E-state index is 0.492. The molecule has 3 nitrogen and oxygen atoms in total. The number of furan rings is 1.